The standard InChI is InChI=1S/C25H24Cl2O3/c1-29-22-10-4-19(5-11-22)25(20-6-12-23(13-7-20)30-17-16-28)24(14-15-26)18-2-8-21(27)9-3-18/h2-13,28H,14-17H2,1H3/b25-24-. The molecule has 0 saturated carbocycles. The fraction of sp³-hybridized carbons (Fsp3) is 0.200. The van der Waals surface area contributed by atoms with Crippen molar-refractivity contribution in [3.8, 4) is 11.5 Å². The molecule has 0 fully saturated rings. The molecule has 0 spiro atoms. The van der Waals surface area contributed by atoms with Gasteiger partial charge in [-0.3, -0.25) is 0 Å². The number of aliphatic hydroxyl groups is 1. The summed E-state index contributed by atoms with van der Waals surface area (Å²) in [6.07, 6.45) is 0.702. The molecule has 3 aromatic rings. The van der Waals surface area contributed by atoms with Gasteiger partial charge < -0.3 is 14.6 Å². The number of hydrogen-bond donors (Lipinski definition) is 1. The zero-order valence-corrected chi connectivity index (χ0v) is 18.3. The Morgan fingerprint density at radius 1 is 0.800 bits per heavy atom. The van der Waals surface area contributed by atoms with Gasteiger partial charge in [-0.2, -0.15) is 0 Å². The second kappa shape index (κ2) is 11.1. The SMILES string of the molecule is COc1ccc(/C(=C(\CCCl)c2ccc(Cl)cc2)c2ccc(OCCO)cc2)cc1. The molecule has 1 N–H and O–H groups in total. The van der Waals surface area contributed by atoms with Crippen molar-refractivity contribution >= 4 is 34.3 Å². The molecular weight excluding hydrogens is 419 g/mol. The third-order valence-electron chi connectivity index (χ3n) is 4.72. The molecule has 0 saturated heterocycles. The van der Waals surface area contributed by atoms with Gasteiger partial charge in [0, 0.05) is 10.9 Å². The summed E-state index contributed by atoms with van der Waals surface area (Å²) in [5.41, 5.74) is 5.41. The van der Waals surface area contributed by atoms with E-state index < -0.39 is 0 Å². The van der Waals surface area contributed by atoms with Crippen molar-refractivity contribution in [3.63, 3.8) is 0 Å². The highest BCUT2D eigenvalue weighted by molar-refractivity contribution is 6.30. The maximum Gasteiger partial charge on any atom is 0.119 e. The Balaban J connectivity index is 2.15. The summed E-state index contributed by atoms with van der Waals surface area (Å²) in [5, 5.41) is 9.67. The first-order valence-electron chi connectivity index (χ1n) is 9.70. The quantitative estimate of drug-likeness (QED) is 0.311. The van der Waals surface area contributed by atoms with Gasteiger partial charge in [0.2, 0.25) is 0 Å². The maximum absolute atomic E-state index is 8.97. The van der Waals surface area contributed by atoms with Crippen molar-refractivity contribution in [1.29, 1.82) is 0 Å². The Labute approximate surface area is 187 Å². The average Bonchev–Trinajstić information content (AvgIpc) is 2.79. The lowest BCUT2D eigenvalue weighted by Gasteiger charge is -2.18. The molecule has 0 aliphatic rings. The molecule has 0 bridgehead atoms. The number of methoxy groups -OCH3 is 1. The van der Waals surface area contributed by atoms with E-state index in [1.807, 2.05) is 60.7 Å². The van der Waals surface area contributed by atoms with E-state index in [4.69, 9.17) is 37.8 Å². The van der Waals surface area contributed by atoms with Crippen LogP contribution >= 0.6 is 23.2 Å². The normalized spacial score (nSPS) is 11.7. The number of halogens is 2. The molecule has 0 unspecified atom stereocenters. The molecule has 0 atom stereocenters. The summed E-state index contributed by atoms with van der Waals surface area (Å²) >= 11 is 12.3. The van der Waals surface area contributed by atoms with Crippen molar-refractivity contribution in [1.82, 2.24) is 0 Å². The van der Waals surface area contributed by atoms with E-state index in [1.54, 1.807) is 7.11 Å². The van der Waals surface area contributed by atoms with Gasteiger partial charge in [0.05, 0.1) is 13.7 Å². The third-order valence-corrected chi connectivity index (χ3v) is 5.16. The Kier molecular flexibility index (Phi) is 8.21. The van der Waals surface area contributed by atoms with Crippen molar-refractivity contribution in [3.05, 3.63) is 94.5 Å². The monoisotopic (exact) mass is 442 g/mol. The molecule has 3 nitrogen and oxygen atoms in total. The zero-order chi connectivity index (χ0) is 21.3. The maximum atomic E-state index is 8.97. The number of aliphatic hydroxyl groups excluding tert-OH is 1. The molecule has 0 radical (unpaired) electrons. The number of ether oxygens (including phenoxy) is 2. The third kappa shape index (κ3) is 5.57. The van der Waals surface area contributed by atoms with Gasteiger partial charge in [0.15, 0.2) is 0 Å². The second-order valence-electron chi connectivity index (χ2n) is 6.62. The smallest absolute Gasteiger partial charge is 0.119 e. The number of allylic oxidation sites excluding steroid dienone is 1. The second-order valence-corrected chi connectivity index (χ2v) is 7.44. The fourth-order valence-corrected chi connectivity index (χ4v) is 3.63. The molecule has 0 heterocycles. The Morgan fingerprint density at radius 3 is 1.83 bits per heavy atom. The number of hydrogen-bond acceptors (Lipinski definition) is 3. The van der Waals surface area contributed by atoms with Crippen LogP contribution in [-0.2, 0) is 0 Å². The van der Waals surface area contributed by atoms with Gasteiger partial charge in [-0.25, -0.2) is 0 Å². The summed E-state index contributed by atoms with van der Waals surface area (Å²) in [6, 6.07) is 23.7. The summed E-state index contributed by atoms with van der Waals surface area (Å²) in [5.74, 6) is 2.01. The van der Waals surface area contributed by atoms with Crippen molar-refractivity contribution < 1.29 is 14.6 Å². The van der Waals surface area contributed by atoms with Crippen LogP contribution in [0.1, 0.15) is 23.1 Å². The van der Waals surface area contributed by atoms with Gasteiger partial charge >= 0.3 is 0 Å². The lowest BCUT2D eigenvalue weighted by molar-refractivity contribution is 0.201. The predicted octanol–water partition coefficient (Wildman–Crippen LogP) is 6.31. The summed E-state index contributed by atoms with van der Waals surface area (Å²) < 4.78 is 10.8. The minimum absolute atomic E-state index is 0.0187. The van der Waals surface area contributed by atoms with Crippen LogP contribution in [0, 0.1) is 0 Å². The Bertz CT molecular complexity index is 963. The highest BCUT2D eigenvalue weighted by Crippen LogP contribution is 2.36. The van der Waals surface area contributed by atoms with Crippen LogP contribution in [0.3, 0.4) is 0 Å². The molecule has 3 rings (SSSR count). The lowest BCUT2D eigenvalue weighted by atomic mass is 9.88. The first-order chi connectivity index (χ1) is 14.7. The number of alkyl halides is 1. The van der Waals surface area contributed by atoms with E-state index in [2.05, 4.69) is 12.1 Å². The van der Waals surface area contributed by atoms with E-state index in [0.29, 0.717) is 23.1 Å². The topological polar surface area (TPSA) is 38.7 Å². The first-order valence-corrected chi connectivity index (χ1v) is 10.6. The average molecular weight is 443 g/mol. The number of rotatable bonds is 9. The van der Waals surface area contributed by atoms with E-state index in [0.717, 1.165) is 33.6 Å². The Hall–Kier alpha value is -2.46. The summed E-state index contributed by atoms with van der Waals surface area (Å²) in [4.78, 5) is 0. The van der Waals surface area contributed by atoms with E-state index in [1.165, 1.54) is 0 Å². The minimum Gasteiger partial charge on any atom is -0.497 e. The van der Waals surface area contributed by atoms with Gasteiger partial charge in [-0.1, -0.05) is 48.0 Å². The van der Waals surface area contributed by atoms with Crippen LogP contribution in [-0.4, -0.2) is 31.3 Å². The molecule has 0 aromatic heterocycles. The van der Waals surface area contributed by atoms with Crippen LogP contribution < -0.4 is 9.47 Å². The van der Waals surface area contributed by atoms with Crippen molar-refractivity contribution in [2.24, 2.45) is 0 Å². The van der Waals surface area contributed by atoms with Crippen LogP contribution in [0.25, 0.3) is 11.1 Å². The molecule has 0 aliphatic carbocycles. The van der Waals surface area contributed by atoms with Crippen molar-refractivity contribution in [2.75, 3.05) is 26.2 Å². The molecule has 0 aliphatic heterocycles. The van der Waals surface area contributed by atoms with Crippen molar-refractivity contribution in [2.45, 2.75) is 6.42 Å². The fourth-order valence-electron chi connectivity index (χ4n) is 3.31. The van der Waals surface area contributed by atoms with E-state index >= 15 is 0 Å². The van der Waals surface area contributed by atoms with Gasteiger partial charge in [-0.05, 0) is 70.7 Å². The highest BCUT2D eigenvalue weighted by Gasteiger charge is 2.15. The van der Waals surface area contributed by atoms with Crippen LogP contribution in [0.5, 0.6) is 11.5 Å². The zero-order valence-electron chi connectivity index (χ0n) is 16.8. The molecule has 156 valence electrons. The Morgan fingerprint density at radius 2 is 1.33 bits per heavy atom. The predicted molar refractivity (Wildman–Crippen MR) is 125 cm³/mol. The number of benzene rings is 3. The molecule has 30 heavy (non-hydrogen) atoms. The largest absolute Gasteiger partial charge is 0.497 e. The van der Waals surface area contributed by atoms with E-state index in [-0.39, 0.29) is 13.2 Å². The van der Waals surface area contributed by atoms with Crippen LogP contribution in [0.4, 0.5) is 0 Å². The van der Waals surface area contributed by atoms with E-state index in [9.17, 15) is 0 Å². The first kappa shape index (κ1) is 22.2. The van der Waals surface area contributed by atoms with Gasteiger partial charge in [0.25, 0.3) is 0 Å². The molecule has 3 aromatic carbocycles. The molecule has 0 amide bonds. The lowest BCUT2D eigenvalue weighted by Crippen LogP contribution is -2.02. The van der Waals surface area contributed by atoms with Crippen LogP contribution in [0.2, 0.25) is 5.02 Å². The van der Waals surface area contributed by atoms with Gasteiger partial charge in [0.1, 0.15) is 18.1 Å². The summed E-state index contributed by atoms with van der Waals surface area (Å²) in [7, 11) is 1.66. The van der Waals surface area contributed by atoms with Gasteiger partial charge in [-0.15, -0.1) is 11.6 Å². The molecule has 5 heteroatoms. The summed E-state index contributed by atoms with van der Waals surface area (Å²) in [6.45, 7) is 0.248. The minimum atomic E-state index is -0.0187. The van der Waals surface area contributed by atoms with Crippen LogP contribution in [0.15, 0.2) is 72.8 Å². The molecular formula is C25H24Cl2O3. The highest BCUT2D eigenvalue weighted by atomic mass is 35.5.